The van der Waals surface area contributed by atoms with Gasteiger partial charge >= 0.3 is 0 Å². The lowest BCUT2D eigenvalue weighted by Gasteiger charge is -2.10. The van der Waals surface area contributed by atoms with Crippen LogP contribution in [0.4, 0.5) is 5.69 Å². The van der Waals surface area contributed by atoms with Crippen LogP contribution in [0.1, 0.15) is 5.56 Å². The molecule has 0 aliphatic rings. The molecule has 0 saturated carbocycles. The summed E-state index contributed by atoms with van der Waals surface area (Å²) < 4.78 is 2.09. The molecule has 0 bridgehead atoms. The molecule has 0 atom stereocenters. The number of hydrogen-bond donors (Lipinski definition) is 1. The molecule has 25 heavy (non-hydrogen) atoms. The van der Waals surface area contributed by atoms with Crippen molar-refractivity contribution in [1.82, 2.24) is 9.78 Å². The largest absolute Gasteiger partial charge is 0.324 e. The van der Waals surface area contributed by atoms with Crippen molar-refractivity contribution in [2.45, 2.75) is 13.5 Å². The number of carbonyl (C=O) groups excluding carboxylic acids is 1. The average Bonchev–Trinajstić information content (AvgIpc) is 2.59. The molecule has 1 heterocycles. The summed E-state index contributed by atoms with van der Waals surface area (Å²) in [5, 5.41) is 7.12. The van der Waals surface area contributed by atoms with Gasteiger partial charge in [-0.15, -0.1) is 0 Å². The van der Waals surface area contributed by atoms with Gasteiger partial charge < -0.3 is 5.32 Å². The molecule has 1 amide bonds. The predicted octanol–water partition coefficient (Wildman–Crippen LogP) is 3.62. The third-order valence-electron chi connectivity index (χ3n) is 3.70. The van der Waals surface area contributed by atoms with E-state index in [4.69, 9.17) is 0 Å². The minimum atomic E-state index is -0.321. The Kier molecular flexibility index (Phi) is 5.09. The summed E-state index contributed by atoms with van der Waals surface area (Å²) in [5.41, 5.74) is 2.86. The number of benzene rings is 2. The average molecular weight is 398 g/mol. The number of carbonyl (C=O) groups is 1. The van der Waals surface area contributed by atoms with Gasteiger partial charge in [0.25, 0.3) is 5.56 Å². The van der Waals surface area contributed by atoms with E-state index in [1.54, 1.807) is 6.07 Å². The Hall–Kier alpha value is -2.73. The quantitative estimate of drug-likeness (QED) is 0.730. The van der Waals surface area contributed by atoms with Crippen LogP contribution >= 0.6 is 15.9 Å². The van der Waals surface area contributed by atoms with Crippen molar-refractivity contribution in [2.24, 2.45) is 0 Å². The second-order valence-corrected chi connectivity index (χ2v) is 6.50. The van der Waals surface area contributed by atoms with Crippen molar-refractivity contribution in [3.63, 3.8) is 0 Å². The molecule has 0 aliphatic carbocycles. The van der Waals surface area contributed by atoms with Crippen molar-refractivity contribution < 1.29 is 4.79 Å². The van der Waals surface area contributed by atoms with E-state index < -0.39 is 0 Å². The molecule has 0 unspecified atom stereocenters. The van der Waals surface area contributed by atoms with Gasteiger partial charge in [0.15, 0.2) is 0 Å². The Morgan fingerprint density at radius 3 is 2.68 bits per heavy atom. The summed E-state index contributed by atoms with van der Waals surface area (Å²) in [6.07, 6.45) is 0. The van der Waals surface area contributed by atoms with Crippen LogP contribution in [-0.2, 0) is 11.3 Å². The molecular formula is C19H16BrN3O2. The summed E-state index contributed by atoms with van der Waals surface area (Å²) in [6, 6.07) is 18.2. The number of nitrogens with zero attached hydrogens (tertiary/aromatic N) is 2. The fourth-order valence-electron chi connectivity index (χ4n) is 2.40. The zero-order valence-electron chi connectivity index (χ0n) is 13.6. The van der Waals surface area contributed by atoms with Crippen molar-refractivity contribution in [1.29, 1.82) is 0 Å². The van der Waals surface area contributed by atoms with Gasteiger partial charge in [-0.05, 0) is 36.8 Å². The van der Waals surface area contributed by atoms with Crippen LogP contribution in [0.2, 0.25) is 0 Å². The van der Waals surface area contributed by atoms with Crippen LogP contribution in [0.25, 0.3) is 11.3 Å². The molecule has 2 aromatic carbocycles. The van der Waals surface area contributed by atoms with Gasteiger partial charge in [-0.3, -0.25) is 9.59 Å². The fraction of sp³-hybridized carbons (Fsp3) is 0.105. The Labute approximate surface area is 153 Å². The first kappa shape index (κ1) is 17.1. The number of nitrogens with one attached hydrogen (secondary N) is 1. The highest BCUT2D eigenvalue weighted by Gasteiger charge is 2.09. The van der Waals surface area contributed by atoms with Crippen molar-refractivity contribution in [3.8, 4) is 11.3 Å². The lowest BCUT2D eigenvalue weighted by atomic mass is 10.1. The van der Waals surface area contributed by atoms with E-state index in [-0.39, 0.29) is 18.0 Å². The topological polar surface area (TPSA) is 64.0 Å². The van der Waals surface area contributed by atoms with Gasteiger partial charge in [-0.2, -0.15) is 5.10 Å². The van der Waals surface area contributed by atoms with E-state index in [1.165, 1.54) is 10.7 Å². The van der Waals surface area contributed by atoms with E-state index in [0.717, 1.165) is 21.3 Å². The van der Waals surface area contributed by atoms with Gasteiger partial charge in [0, 0.05) is 21.8 Å². The molecular weight excluding hydrogens is 382 g/mol. The van der Waals surface area contributed by atoms with Crippen molar-refractivity contribution >= 4 is 27.5 Å². The lowest BCUT2D eigenvalue weighted by Crippen LogP contribution is -2.29. The maximum atomic E-state index is 12.3. The smallest absolute Gasteiger partial charge is 0.267 e. The lowest BCUT2D eigenvalue weighted by molar-refractivity contribution is -0.117. The molecule has 3 aromatic rings. The van der Waals surface area contributed by atoms with Gasteiger partial charge in [-0.1, -0.05) is 46.3 Å². The molecule has 1 N–H and O–H groups in total. The monoisotopic (exact) mass is 397 g/mol. The summed E-state index contributed by atoms with van der Waals surface area (Å²) >= 11 is 3.42. The van der Waals surface area contributed by atoms with Crippen LogP contribution in [0, 0.1) is 6.92 Å². The molecule has 5 nitrogen and oxygen atoms in total. The van der Waals surface area contributed by atoms with Crippen LogP contribution in [0.3, 0.4) is 0 Å². The van der Waals surface area contributed by atoms with Crippen LogP contribution in [0.15, 0.2) is 69.9 Å². The van der Waals surface area contributed by atoms with E-state index in [0.29, 0.717) is 5.69 Å². The Balaban J connectivity index is 1.83. The first-order valence-corrected chi connectivity index (χ1v) is 8.52. The highest BCUT2D eigenvalue weighted by atomic mass is 79.9. The molecule has 6 heteroatoms. The number of rotatable bonds is 4. The van der Waals surface area contributed by atoms with Crippen LogP contribution < -0.4 is 10.9 Å². The van der Waals surface area contributed by atoms with Gasteiger partial charge in [0.2, 0.25) is 5.91 Å². The molecule has 3 rings (SSSR count). The SMILES string of the molecule is Cc1ccccc1NC(=O)Cn1nc(-c2cccc(Br)c2)ccc1=O. The summed E-state index contributed by atoms with van der Waals surface area (Å²) in [4.78, 5) is 24.3. The number of aryl methyl sites for hydroxylation is 1. The number of hydrogen-bond acceptors (Lipinski definition) is 3. The maximum Gasteiger partial charge on any atom is 0.267 e. The molecule has 0 saturated heterocycles. The zero-order chi connectivity index (χ0) is 17.8. The molecule has 0 radical (unpaired) electrons. The van der Waals surface area contributed by atoms with E-state index in [9.17, 15) is 9.59 Å². The van der Waals surface area contributed by atoms with Gasteiger partial charge in [0.1, 0.15) is 6.54 Å². The number of para-hydroxylation sites is 1. The van der Waals surface area contributed by atoms with E-state index in [2.05, 4.69) is 26.3 Å². The van der Waals surface area contributed by atoms with E-state index in [1.807, 2.05) is 55.5 Å². The predicted molar refractivity (Wildman–Crippen MR) is 101 cm³/mol. The second-order valence-electron chi connectivity index (χ2n) is 5.59. The fourth-order valence-corrected chi connectivity index (χ4v) is 2.80. The molecule has 0 aliphatic heterocycles. The van der Waals surface area contributed by atoms with Gasteiger partial charge in [0.05, 0.1) is 5.69 Å². The minimum absolute atomic E-state index is 0.144. The molecule has 1 aromatic heterocycles. The van der Waals surface area contributed by atoms with E-state index >= 15 is 0 Å². The molecule has 0 fully saturated rings. The first-order chi connectivity index (χ1) is 12.0. The standard InChI is InChI=1S/C19H16BrN3O2/c1-13-5-2-3-8-16(13)21-18(24)12-23-19(25)10-9-17(22-23)14-6-4-7-15(20)11-14/h2-11H,12H2,1H3,(H,21,24). The highest BCUT2D eigenvalue weighted by molar-refractivity contribution is 9.10. The van der Waals surface area contributed by atoms with Crippen LogP contribution in [-0.4, -0.2) is 15.7 Å². The maximum absolute atomic E-state index is 12.3. The van der Waals surface area contributed by atoms with Crippen molar-refractivity contribution in [2.75, 3.05) is 5.32 Å². The normalized spacial score (nSPS) is 10.5. The Bertz CT molecular complexity index is 982. The summed E-state index contributed by atoms with van der Waals surface area (Å²) in [7, 11) is 0. The second kappa shape index (κ2) is 7.44. The summed E-state index contributed by atoms with van der Waals surface area (Å²) in [6.45, 7) is 1.77. The molecule has 126 valence electrons. The van der Waals surface area contributed by atoms with Crippen LogP contribution in [0.5, 0.6) is 0 Å². The number of halogens is 1. The number of aromatic nitrogens is 2. The number of amides is 1. The van der Waals surface area contributed by atoms with Crippen molar-refractivity contribution in [3.05, 3.63) is 81.1 Å². The third-order valence-corrected chi connectivity index (χ3v) is 4.19. The first-order valence-electron chi connectivity index (χ1n) is 7.72. The Morgan fingerprint density at radius 1 is 1.12 bits per heavy atom. The number of anilines is 1. The summed E-state index contributed by atoms with van der Waals surface area (Å²) in [5.74, 6) is -0.296. The Morgan fingerprint density at radius 2 is 1.92 bits per heavy atom. The minimum Gasteiger partial charge on any atom is -0.324 e. The molecule has 0 spiro atoms. The third kappa shape index (κ3) is 4.22. The zero-order valence-corrected chi connectivity index (χ0v) is 15.2. The highest BCUT2D eigenvalue weighted by Crippen LogP contribution is 2.20. The van der Waals surface area contributed by atoms with Gasteiger partial charge in [-0.25, -0.2) is 4.68 Å².